The lowest BCUT2D eigenvalue weighted by atomic mass is 10.2. The summed E-state index contributed by atoms with van der Waals surface area (Å²) in [6, 6.07) is 0.525. The maximum atomic E-state index is 11.8. The highest BCUT2D eigenvalue weighted by Crippen LogP contribution is 2.20. The number of nitrogens with zero attached hydrogens (tertiary/aromatic N) is 1. The molecule has 1 N–H and O–H groups in total. The van der Waals surface area contributed by atoms with Crippen LogP contribution < -0.4 is 5.32 Å². The Balaban J connectivity index is 3.34. The first-order valence-corrected chi connectivity index (χ1v) is 5.84. The van der Waals surface area contributed by atoms with Crippen molar-refractivity contribution in [3.63, 3.8) is 0 Å². The highest BCUT2D eigenvalue weighted by molar-refractivity contribution is 4.62. The van der Waals surface area contributed by atoms with Gasteiger partial charge in [0.15, 0.2) is 0 Å². The molecular formula is C11H23F3N2. The molecule has 0 spiro atoms. The van der Waals surface area contributed by atoms with Gasteiger partial charge in [-0.1, -0.05) is 6.92 Å². The highest BCUT2D eigenvalue weighted by Gasteiger charge is 2.25. The molecule has 16 heavy (non-hydrogen) atoms. The number of hydrogen-bond acceptors (Lipinski definition) is 2. The minimum atomic E-state index is -4.02. The fraction of sp³-hybridized carbons (Fsp3) is 1.00. The molecule has 0 fully saturated rings. The van der Waals surface area contributed by atoms with Gasteiger partial charge in [0.2, 0.25) is 0 Å². The molecular weight excluding hydrogens is 217 g/mol. The predicted octanol–water partition coefficient (Wildman–Crippen LogP) is 2.65. The molecule has 0 aromatic carbocycles. The zero-order valence-corrected chi connectivity index (χ0v) is 10.4. The van der Waals surface area contributed by atoms with E-state index in [1.807, 2.05) is 7.05 Å². The average Bonchev–Trinajstić information content (AvgIpc) is 2.20. The van der Waals surface area contributed by atoms with Crippen LogP contribution in [0.3, 0.4) is 0 Å². The fourth-order valence-electron chi connectivity index (χ4n) is 1.33. The summed E-state index contributed by atoms with van der Waals surface area (Å²) in [5, 5.41) is 3.03. The summed E-state index contributed by atoms with van der Waals surface area (Å²) in [6.07, 6.45) is -3.46. The van der Waals surface area contributed by atoms with Crippen LogP contribution in [0.2, 0.25) is 0 Å². The van der Waals surface area contributed by atoms with E-state index in [0.29, 0.717) is 12.6 Å². The van der Waals surface area contributed by atoms with Crippen molar-refractivity contribution in [3.05, 3.63) is 0 Å². The van der Waals surface area contributed by atoms with Gasteiger partial charge in [0.25, 0.3) is 0 Å². The summed E-state index contributed by atoms with van der Waals surface area (Å²) in [6.45, 7) is 6.33. The van der Waals surface area contributed by atoms with Crippen molar-refractivity contribution in [3.8, 4) is 0 Å². The van der Waals surface area contributed by atoms with Crippen LogP contribution in [0.15, 0.2) is 0 Å². The second kappa shape index (κ2) is 7.90. The van der Waals surface area contributed by atoms with E-state index < -0.39 is 12.6 Å². The Morgan fingerprint density at radius 3 is 2.38 bits per heavy atom. The maximum absolute atomic E-state index is 11.8. The van der Waals surface area contributed by atoms with Crippen molar-refractivity contribution in [2.45, 2.75) is 45.3 Å². The third-order valence-electron chi connectivity index (χ3n) is 2.80. The van der Waals surface area contributed by atoms with E-state index in [4.69, 9.17) is 0 Å². The summed E-state index contributed by atoms with van der Waals surface area (Å²) in [5.41, 5.74) is 0. The molecule has 0 amide bonds. The van der Waals surface area contributed by atoms with E-state index in [2.05, 4.69) is 24.1 Å². The molecule has 0 saturated heterocycles. The zero-order valence-electron chi connectivity index (χ0n) is 10.4. The van der Waals surface area contributed by atoms with Crippen molar-refractivity contribution in [2.75, 3.05) is 26.7 Å². The number of nitrogens with one attached hydrogen (secondary N) is 1. The van der Waals surface area contributed by atoms with Gasteiger partial charge in [-0.3, -0.25) is 0 Å². The Kier molecular flexibility index (Phi) is 7.76. The third-order valence-corrected chi connectivity index (χ3v) is 2.80. The van der Waals surface area contributed by atoms with Crippen LogP contribution in [-0.2, 0) is 0 Å². The molecule has 0 rings (SSSR count). The van der Waals surface area contributed by atoms with Crippen LogP contribution in [0.5, 0.6) is 0 Å². The van der Waals surface area contributed by atoms with Crippen molar-refractivity contribution >= 4 is 0 Å². The monoisotopic (exact) mass is 240 g/mol. The first kappa shape index (κ1) is 15.7. The molecule has 5 heteroatoms. The zero-order chi connectivity index (χ0) is 12.6. The summed E-state index contributed by atoms with van der Waals surface area (Å²) in [5.74, 6) is 0. The van der Waals surface area contributed by atoms with Gasteiger partial charge in [-0.15, -0.1) is 0 Å². The van der Waals surface area contributed by atoms with Gasteiger partial charge in [-0.25, -0.2) is 0 Å². The maximum Gasteiger partial charge on any atom is 0.389 e. The number of hydrogen-bond donors (Lipinski definition) is 1. The van der Waals surface area contributed by atoms with Crippen molar-refractivity contribution < 1.29 is 13.2 Å². The molecule has 0 heterocycles. The lowest BCUT2D eigenvalue weighted by Crippen LogP contribution is -2.35. The Morgan fingerprint density at radius 1 is 1.25 bits per heavy atom. The molecule has 0 bridgehead atoms. The molecule has 2 nitrogen and oxygen atoms in total. The molecule has 1 unspecified atom stereocenters. The van der Waals surface area contributed by atoms with E-state index in [1.54, 1.807) is 0 Å². The molecule has 0 aliphatic carbocycles. The van der Waals surface area contributed by atoms with Crippen LogP contribution in [0, 0.1) is 0 Å². The minimum Gasteiger partial charge on any atom is -0.315 e. The summed E-state index contributed by atoms with van der Waals surface area (Å²) in [4.78, 5) is 2.21. The van der Waals surface area contributed by atoms with Gasteiger partial charge in [-0.05, 0) is 33.4 Å². The third kappa shape index (κ3) is 8.97. The number of rotatable bonds is 8. The second-order valence-electron chi connectivity index (χ2n) is 4.21. The Labute approximate surface area is 96.2 Å². The van der Waals surface area contributed by atoms with Gasteiger partial charge < -0.3 is 10.2 Å². The van der Waals surface area contributed by atoms with Gasteiger partial charge in [0.05, 0.1) is 0 Å². The first-order chi connectivity index (χ1) is 7.37. The standard InChI is InChI=1S/C11H23F3N2/c1-4-10(2)16(3)9-8-15-7-5-6-11(12,13)14/h10,15H,4-9H2,1-3H3. The topological polar surface area (TPSA) is 15.3 Å². The quantitative estimate of drug-likeness (QED) is 0.656. The van der Waals surface area contributed by atoms with Crippen LogP contribution in [0.1, 0.15) is 33.1 Å². The van der Waals surface area contributed by atoms with E-state index in [1.165, 1.54) is 0 Å². The summed E-state index contributed by atoms with van der Waals surface area (Å²) >= 11 is 0. The van der Waals surface area contributed by atoms with Crippen LogP contribution >= 0.6 is 0 Å². The number of alkyl halides is 3. The Hall–Kier alpha value is -0.290. The Morgan fingerprint density at radius 2 is 1.88 bits per heavy atom. The largest absolute Gasteiger partial charge is 0.389 e. The highest BCUT2D eigenvalue weighted by atomic mass is 19.4. The number of halogens is 3. The van der Waals surface area contributed by atoms with Crippen molar-refractivity contribution in [1.82, 2.24) is 10.2 Å². The molecule has 0 saturated carbocycles. The van der Waals surface area contributed by atoms with Crippen LogP contribution in [-0.4, -0.2) is 43.8 Å². The smallest absolute Gasteiger partial charge is 0.315 e. The molecule has 98 valence electrons. The van der Waals surface area contributed by atoms with E-state index >= 15 is 0 Å². The van der Waals surface area contributed by atoms with E-state index in [-0.39, 0.29) is 6.42 Å². The second-order valence-corrected chi connectivity index (χ2v) is 4.21. The SMILES string of the molecule is CCC(C)N(C)CCNCCCC(F)(F)F. The summed E-state index contributed by atoms with van der Waals surface area (Å²) in [7, 11) is 2.03. The predicted molar refractivity (Wildman–Crippen MR) is 60.5 cm³/mol. The molecule has 0 aromatic heterocycles. The van der Waals surface area contributed by atoms with Gasteiger partial charge in [-0.2, -0.15) is 13.2 Å². The molecule has 0 aliphatic heterocycles. The normalized spacial score (nSPS) is 14.4. The van der Waals surface area contributed by atoms with E-state index in [9.17, 15) is 13.2 Å². The van der Waals surface area contributed by atoms with Gasteiger partial charge in [0, 0.05) is 25.6 Å². The van der Waals surface area contributed by atoms with Crippen LogP contribution in [0.4, 0.5) is 13.2 Å². The minimum absolute atomic E-state index is 0.163. The van der Waals surface area contributed by atoms with Crippen molar-refractivity contribution in [1.29, 1.82) is 0 Å². The van der Waals surface area contributed by atoms with Crippen molar-refractivity contribution in [2.24, 2.45) is 0 Å². The fourth-order valence-corrected chi connectivity index (χ4v) is 1.33. The van der Waals surface area contributed by atoms with Gasteiger partial charge >= 0.3 is 6.18 Å². The molecule has 0 aliphatic rings. The summed E-state index contributed by atoms with van der Waals surface area (Å²) < 4.78 is 35.4. The average molecular weight is 240 g/mol. The van der Waals surface area contributed by atoms with Crippen LogP contribution in [0.25, 0.3) is 0 Å². The first-order valence-electron chi connectivity index (χ1n) is 5.84. The lowest BCUT2D eigenvalue weighted by Gasteiger charge is -2.23. The Bertz CT molecular complexity index is 171. The number of likely N-dealkylation sites (N-methyl/N-ethyl adjacent to an activating group) is 1. The molecule has 0 aromatic rings. The molecule has 1 atom stereocenters. The van der Waals surface area contributed by atoms with E-state index in [0.717, 1.165) is 19.5 Å². The molecule has 0 radical (unpaired) electrons. The van der Waals surface area contributed by atoms with Gasteiger partial charge in [0.1, 0.15) is 0 Å². The lowest BCUT2D eigenvalue weighted by molar-refractivity contribution is -0.135.